The van der Waals surface area contributed by atoms with E-state index in [1.165, 1.54) is 11.1 Å². The van der Waals surface area contributed by atoms with Crippen LogP contribution in [0.15, 0.2) is 62.0 Å². The molecular formula is C39H54NO4P. The largest absolute Gasteiger partial charge is 0.478 e. The van der Waals surface area contributed by atoms with Gasteiger partial charge in [0.05, 0.1) is 5.92 Å². The molecule has 244 valence electrons. The zero-order chi connectivity index (χ0) is 33.3. The van der Waals surface area contributed by atoms with Crippen LogP contribution in [0.2, 0.25) is 0 Å². The first-order chi connectivity index (χ1) is 20.6. The van der Waals surface area contributed by atoms with Gasteiger partial charge >= 0.3 is 8.24 Å². The minimum Gasteiger partial charge on any atom is -0.478 e. The first kappa shape index (κ1) is 33.6. The maximum atomic E-state index is 6.99. The summed E-state index contributed by atoms with van der Waals surface area (Å²) in [6.45, 7) is 31.8. The van der Waals surface area contributed by atoms with Crippen molar-refractivity contribution in [3.05, 3.63) is 70.8 Å². The van der Waals surface area contributed by atoms with E-state index < -0.39 is 13.8 Å². The van der Waals surface area contributed by atoms with E-state index in [9.17, 15) is 0 Å². The number of nitrogens with zero attached hydrogens (tertiary/aromatic N) is 1. The van der Waals surface area contributed by atoms with Crippen molar-refractivity contribution in [2.24, 2.45) is 10.9 Å². The second-order valence-electron chi connectivity index (χ2n) is 17.5. The molecule has 0 saturated heterocycles. The minimum absolute atomic E-state index is 0.0536. The van der Waals surface area contributed by atoms with Crippen molar-refractivity contribution in [3.63, 3.8) is 0 Å². The quantitative estimate of drug-likeness (QED) is 0.287. The van der Waals surface area contributed by atoms with E-state index in [2.05, 4.69) is 133 Å². The average molecular weight is 632 g/mol. The van der Waals surface area contributed by atoms with Crippen LogP contribution in [-0.4, -0.2) is 24.1 Å². The van der Waals surface area contributed by atoms with Gasteiger partial charge in [0.25, 0.3) is 0 Å². The maximum absolute atomic E-state index is 6.99. The predicted molar refractivity (Wildman–Crippen MR) is 191 cm³/mol. The van der Waals surface area contributed by atoms with Gasteiger partial charge in [0, 0.05) is 21.9 Å². The summed E-state index contributed by atoms with van der Waals surface area (Å²) in [4.78, 5) is 4.98. The van der Waals surface area contributed by atoms with Crippen molar-refractivity contribution in [3.8, 4) is 0 Å². The van der Waals surface area contributed by atoms with Gasteiger partial charge < -0.3 is 13.1 Å². The van der Waals surface area contributed by atoms with Crippen molar-refractivity contribution < 1.29 is 17.7 Å². The Morgan fingerprint density at radius 1 is 0.644 bits per heavy atom. The third-order valence-corrected chi connectivity index (χ3v) is 10.2. The fraction of sp³-hybridized carbons (Fsp3) is 0.564. The highest BCUT2D eigenvalue weighted by Crippen LogP contribution is 2.46. The van der Waals surface area contributed by atoms with Gasteiger partial charge in [-0.1, -0.05) is 120 Å². The first-order valence-electron chi connectivity index (χ1n) is 16.3. The zero-order valence-corrected chi connectivity index (χ0v) is 30.9. The van der Waals surface area contributed by atoms with Gasteiger partial charge in [-0.2, -0.15) is 0 Å². The molecule has 2 aromatic carbocycles. The van der Waals surface area contributed by atoms with Crippen molar-refractivity contribution in [1.29, 1.82) is 0 Å². The Bertz CT molecular complexity index is 1640. The van der Waals surface area contributed by atoms with E-state index in [1.807, 2.05) is 12.2 Å². The third kappa shape index (κ3) is 6.86. The van der Waals surface area contributed by atoms with Crippen molar-refractivity contribution in [2.45, 2.75) is 130 Å². The molecule has 2 heterocycles. The van der Waals surface area contributed by atoms with Crippen LogP contribution in [0.3, 0.4) is 0 Å². The molecule has 0 saturated carbocycles. The van der Waals surface area contributed by atoms with Gasteiger partial charge in [0.1, 0.15) is 29.4 Å². The molecule has 0 bridgehead atoms. The summed E-state index contributed by atoms with van der Waals surface area (Å²) >= 11 is 0. The fourth-order valence-electron chi connectivity index (χ4n) is 5.82. The summed E-state index contributed by atoms with van der Waals surface area (Å²) in [7, 11) is -1.86. The van der Waals surface area contributed by atoms with Crippen LogP contribution < -0.4 is 4.52 Å². The van der Waals surface area contributed by atoms with Gasteiger partial charge in [-0.05, 0) is 58.8 Å². The first-order valence-corrected chi connectivity index (χ1v) is 17.4. The maximum Gasteiger partial charge on any atom is 0.388 e. The predicted octanol–water partition coefficient (Wildman–Crippen LogP) is 11.2. The average Bonchev–Trinajstić information content (AvgIpc) is 3.56. The summed E-state index contributed by atoms with van der Waals surface area (Å²) in [5, 5.41) is 2.13. The molecule has 1 aromatic heterocycles. The molecule has 0 radical (unpaired) electrons. The Morgan fingerprint density at radius 2 is 1.09 bits per heavy atom. The van der Waals surface area contributed by atoms with Crippen LogP contribution in [-0.2, 0) is 26.4 Å². The Balaban J connectivity index is 1.85. The van der Waals surface area contributed by atoms with Crippen molar-refractivity contribution in [2.75, 3.05) is 6.61 Å². The molecule has 0 amide bonds. The third-order valence-electron chi connectivity index (χ3n) is 8.97. The van der Waals surface area contributed by atoms with Gasteiger partial charge in [-0.15, -0.1) is 0 Å². The lowest BCUT2D eigenvalue weighted by Gasteiger charge is -2.27. The SMILES string of the molecule is CC(C)(C)c1cc(C(C)(C)C)c2op(OC(C)(C)[C@@H]3COC(C4C=CC=C4)=N3)oc3c(C(C)(C)C)cc(C(C)(C)C)cc3c2c1. The Hall–Kier alpha value is -2.75. The molecule has 6 heteroatoms. The van der Waals surface area contributed by atoms with E-state index >= 15 is 0 Å². The molecule has 0 spiro atoms. The second-order valence-corrected chi connectivity index (χ2v) is 18.5. The summed E-state index contributed by atoms with van der Waals surface area (Å²) in [6.07, 6.45) is 8.27. The smallest absolute Gasteiger partial charge is 0.388 e. The van der Waals surface area contributed by atoms with Crippen LogP contribution in [0.1, 0.15) is 119 Å². The lowest BCUT2D eigenvalue weighted by atomic mass is 9.77. The van der Waals surface area contributed by atoms with Gasteiger partial charge in [0.15, 0.2) is 5.90 Å². The Kier molecular flexibility index (Phi) is 8.36. The van der Waals surface area contributed by atoms with E-state index in [0.717, 1.165) is 39.0 Å². The minimum atomic E-state index is -1.86. The van der Waals surface area contributed by atoms with Crippen LogP contribution >= 0.6 is 8.24 Å². The molecule has 1 atom stereocenters. The summed E-state index contributed by atoms with van der Waals surface area (Å²) in [6, 6.07) is 9.09. The highest BCUT2D eigenvalue weighted by molar-refractivity contribution is 7.31. The molecule has 5 nitrogen and oxygen atoms in total. The molecule has 1 aliphatic carbocycles. The van der Waals surface area contributed by atoms with Gasteiger partial charge in [-0.3, -0.25) is 4.52 Å². The van der Waals surface area contributed by atoms with E-state index in [1.54, 1.807) is 0 Å². The Morgan fingerprint density at radius 3 is 1.49 bits per heavy atom. The van der Waals surface area contributed by atoms with Crippen LogP contribution in [0.25, 0.3) is 21.9 Å². The molecule has 2 aliphatic rings. The van der Waals surface area contributed by atoms with Gasteiger partial charge in [-0.25, -0.2) is 4.99 Å². The molecular weight excluding hydrogens is 577 g/mol. The summed E-state index contributed by atoms with van der Waals surface area (Å²) < 4.78 is 26.9. The van der Waals surface area contributed by atoms with E-state index in [4.69, 9.17) is 22.6 Å². The fourth-order valence-corrected chi connectivity index (χ4v) is 7.13. The van der Waals surface area contributed by atoms with Crippen molar-refractivity contribution in [1.82, 2.24) is 0 Å². The lowest BCUT2D eigenvalue weighted by molar-refractivity contribution is 0.109. The normalized spacial score (nSPS) is 18.3. The van der Waals surface area contributed by atoms with Crippen LogP contribution in [0.5, 0.6) is 0 Å². The van der Waals surface area contributed by atoms with Gasteiger partial charge in [0.2, 0.25) is 0 Å². The molecule has 0 N–H and O–H groups in total. The standard InChI is InChI=1S/C39H54NO4P/c1-35(2,3)25-19-27-28-20-26(36(4,5)6)22-30(38(10,11)12)33(28)43-45(42-32(27)29(21-25)37(7,8)9)44-39(13,14)31-23-41-34(40-31)24-17-15-16-18-24/h15-22,24,31H,23H2,1-14H3/t31-/m0/s1. The topological polar surface area (TPSA) is 57.1 Å². The Labute approximate surface area is 271 Å². The van der Waals surface area contributed by atoms with Crippen LogP contribution in [0.4, 0.5) is 0 Å². The molecule has 0 unspecified atom stereocenters. The number of rotatable bonds is 4. The van der Waals surface area contributed by atoms with Crippen molar-refractivity contribution >= 4 is 36.1 Å². The monoisotopic (exact) mass is 631 g/mol. The number of hydrogen-bond acceptors (Lipinski definition) is 5. The number of benzene rings is 2. The molecule has 3 aromatic rings. The van der Waals surface area contributed by atoms with Crippen LogP contribution in [0, 0.1) is 5.92 Å². The highest BCUT2D eigenvalue weighted by Gasteiger charge is 2.39. The highest BCUT2D eigenvalue weighted by atomic mass is 31.1. The zero-order valence-electron chi connectivity index (χ0n) is 30.0. The number of aliphatic imine (C=N–C) groups is 1. The second kappa shape index (κ2) is 11.2. The number of ether oxygens (including phenoxy) is 1. The molecule has 0 fully saturated rings. The summed E-state index contributed by atoms with van der Waals surface area (Å²) in [5.74, 6) is 0.820. The number of allylic oxidation sites excluding steroid dienone is 2. The number of fused-ring (bicyclic) bond motifs is 3. The molecule has 1 aliphatic heterocycles. The molecule has 45 heavy (non-hydrogen) atoms. The van der Waals surface area contributed by atoms with E-state index in [-0.39, 0.29) is 33.6 Å². The lowest BCUT2D eigenvalue weighted by Crippen LogP contribution is -2.41. The molecule has 5 rings (SSSR count). The number of hydrogen-bond donors (Lipinski definition) is 0. The summed E-state index contributed by atoms with van der Waals surface area (Å²) in [5.41, 5.74) is 5.36. The van der Waals surface area contributed by atoms with E-state index in [0.29, 0.717) is 6.61 Å².